The smallest absolute Gasteiger partial charge is 0.165 e. The first kappa shape index (κ1) is 12.3. The van der Waals surface area contributed by atoms with Crippen LogP contribution in [0.15, 0.2) is 24.3 Å². The van der Waals surface area contributed by atoms with Gasteiger partial charge in [-0.05, 0) is 37.6 Å². The maximum absolute atomic E-state index is 13.3. The average Bonchev–Trinajstić information content (AvgIpc) is 2.80. The van der Waals surface area contributed by atoms with E-state index in [2.05, 4.69) is 4.90 Å². The van der Waals surface area contributed by atoms with Gasteiger partial charge in [-0.1, -0.05) is 12.1 Å². The summed E-state index contributed by atoms with van der Waals surface area (Å²) < 4.78 is 18.7. The van der Waals surface area contributed by atoms with Crippen LogP contribution in [0.3, 0.4) is 0 Å². The van der Waals surface area contributed by atoms with Crippen LogP contribution in [-0.4, -0.2) is 37.7 Å². The molecular formula is C13H19FN2O. The van der Waals surface area contributed by atoms with Crippen LogP contribution in [-0.2, 0) is 0 Å². The van der Waals surface area contributed by atoms with Crippen molar-refractivity contribution in [2.75, 3.05) is 32.8 Å². The van der Waals surface area contributed by atoms with E-state index in [0.717, 1.165) is 32.6 Å². The zero-order valence-electron chi connectivity index (χ0n) is 9.94. The number of rotatable bonds is 5. The second-order valence-electron chi connectivity index (χ2n) is 4.47. The minimum absolute atomic E-state index is 0.297. The van der Waals surface area contributed by atoms with Crippen LogP contribution < -0.4 is 10.5 Å². The summed E-state index contributed by atoms with van der Waals surface area (Å²) in [6.07, 6.45) is 1.16. The molecule has 0 saturated carbocycles. The number of nitrogens with two attached hydrogens (primary N) is 1. The molecule has 1 aliphatic heterocycles. The number of nitrogens with zero attached hydrogens (tertiary/aromatic N) is 1. The molecule has 1 fully saturated rings. The predicted molar refractivity (Wildman–Crippen MR) is 65.5 cm³/mol. The first-order valence-corrected chi connectivity index (χ1v) is 6.09. The Bertz CT molecular complexity index is 359. The van der Waals surface area contributed by atoms with Gasteiger partial charge in [-0.2, -0.15) is 0 Å². The van der Waals surface area contributed by atoms with Gasteiger partial charge in [0.15, 0.2) is 11.6 Å². The van der Waals surface area contributed by atoms with Crippen molar-refractivity contribution in [2.24, 2.45) is 11.7 Å². The van der Waals surface area contributed by atoms with Gasteiger partial charge in [0, 0.05) is 13.1 Å². The molecule has 3 nitrogen and oxygen atoms in total. The van der Waals surface area contributed by atoms with Gasteiger partial charge < -0.3 is 10.5 Å². The highest BCUT2D eigenvalue weighted by Gasteiger charge is 2.20. The zero-order chi connectivity index (χ0) is 12.1. The Labute approximate surface area is 101 Å². The van der Waals surface area contributed by atoms with E-state index in [1.165, 1.54) is 6.07 Å². The van der Waals surface area contributed by atoms with Gasteiger partial charge in [-0.25, -0.2) is 4.39 Å². The Morgan fingerprint density at radius 3 is 2.94 bits per heavy atom. The van der Waals surface area contributed by atoms with E-state index < -0.39 is 0 Å². The number of para-hydroxylation sites is 1. The predicted octanol–water partition coefficient (Wildman–Crippen LogP) is 1.49. The SMILES string of the molecule is NCC1CCN(CCOc2ccccc2F)C1. The Hall–Kier alpha value is -1.13. The summed E-state index contributed by atoms with van der Waals surface area (Å²) in [5.41, 5.74) is 5.63. The molecule has 0 aromatic heterocycles. The fourth-order valence-electron chi connectivity index (χ4n) is 2.15. The number of hydrogen-bond acceptors (Lipinski definition) is 3. The third-order valence-electron chi connectivity index (χ3n) is 3.21. The lowest BCUT2D eigenvalue weighted by molar-refractivity contribution is 0.227. The van der Waals surface area contributed by atoms with E-state index in [4.69, 9.17) is 10.5 Å². The second-order valence-corrected chi connectivity index (χ2v) is 4.47. The molecule has 1 aromatic carbocycles. The molecule has 17 heavy (non-hydrogen) atoms. The van der Waals surface area contributed by atoms with E-state index in [1.54, 1.807) is 18.2 Å². The number of likely N-dealkylation sites (tertiary alicyclic amines) is 1. The minimum Gasteiger partial charge on any atom is -0.489 e. The maximum Gasteiger partial charge on any atom is 0.165 e. The van der Waals surface area contributed by atoms with Crippen molar-refractivity contribution in [3.8, 4) is 5.75 Å². The first-order valence-electron chi connectivity index (χ1n) is 6.09. The lowest BCUT2D eigenvalue weighted by Crippen LogP contribution is -2.27. The molecule has 1 unspecified atom stereocenters. The Morgan fingerprint density at radius 2 is 2.24 bits per heavy atom. The molecule has 1 saturated heterocycles. The van der Waals surface area contributed by atoms with Crippen LogP contribution in [0, 0.1) is 11.7 Å². The number of halogens is 1. The molecule has 0 bridgehead atoms. The Kier molecular flexibility index (Phi) is 4.34. The van der Waals surface area contributed by atoms with Gasteiger partial charge in [-0.3, -0.25) is 4.90 Å². The molecule has 0 aliphatic carbocycles. The molecule has 0 radical (unpaired) electrons. The molecule has 2 rings (SSSR count). The molecule has 1 aliphatic rings. The van der Waals surface area contributed by atoms with Crippen LogP contribution in [0.5, 0.6) is 5.75 Å². The standard InChI is InChI=1S/C13H19FN2O/c14-12-3-1-2-4-13(12)17-8-7-16-6-5-11(9-15)10-16/h1-4,11H,5-10,15H2. The van der Waals surface area contributed by atoms with Crippen molar-refractivity contribution in [1.29, 1.82) is 0 Å². The Balaban J connectivity index is 1.72. The van der Waals surface area contributed by atoms with E-state index in [1.807, 2.05) is 0 Å². The fourth-order valence-corrected chi connectivity index (χ4v) is 2.15. The summed E-state index contributed by atoms with van der Waals surface area (Å²) in [5, 5.41) is 0. The quantitative estimate of drug-likeness (QED) is 0.844. The van der Waals surface area contributed by atoms with Gasteiger partial charge in [-0.15, -0.1) is 0 Å². The topological polar surface area (TPSA) is 38.5 Å². The van der Waals surface area contributed by atoms with Gasteiger partial charge in [0.25, 0.3) is 0 Å². The summed E-state index contributed by atoms with van der Waals surface area (Å²) in [7, 11) is 0. The molecule has 0 amide bonds. The third-order valence-corrected chi connectivity index (χ3v) is 3.21. The highest BCUT2D eigenvalue weighted by Crippen LogP contribution is 2.17. The van der Waals surface area contributed by atoms with Crippen molar-refractivity contribution >= 4 is 0 Å². The van der Waals surface area contributed by atoms with Crippen molar-refractivity contribution in [2.45, 2.75) is 6.42 Å². The molecule has 1 aromatic rings. The van der Waals surface area contributed by atoms with Gasteiger partial charge in [0.2, 0.25) is 0 Å². The van der Waals surface area contributed by atoms with E-state index in [9.17, 15) is 4.39 Å². The van der Waals surface area contributed by atoms with Gasteiger partial charge in [0.1, 0.15) is 6.61 Å². The maximum atomic E-state index is 13.3. The molecule has 0 spiro atoms. The third kappa shape index (κ3) is 3.41. The summed E-state index contributed by atoms with van der Waals surface area (Å²) in [5.74, 6) is 0.652. The molecule has 1 atom stereocenters. The lowest BCUT2D eigenvalue weighted by Gasteiger charge is -2.16. The summed E-state index contributed by atoms with van der Waals surface area (Å²) >= 11 is 0. The number of hydrogen-bond donors (Lipinski definition) is 1. The van der Waals surface area contributed by atoms with Gasteiger partial charge in [0.05, 0.1) is 0 Å². The van der Waals surface area contributed by atoms with Crippen LogP contribution in [0.25, 0.3) is 0 Å². The fraction of sp³-hybridized carbons (Fsp3) is 0.538. The van der Waals surface area contributed by atoms with Crippen molar-refractivity contribution in [3.63, 3.8) is 0 Å². The zero-order valence-corrected chi connectivity index (χ0v) is 9.94. The van der Waals surface area contributed by atoms with Crippen molar-refractivity contribution in [3.05, 3.63) is 30.1 Å². The largest absolute Gasteiger partial charge is 0.489 e. The molecule has 94 valence electrons. The Morgan fingerprint density at radius 1 is 1.41 bits per heavy atom. The van der Waals surface area contributed by atoms with Crippen LogP contribution in [0.1, 0.15) is 6.42 Å². The minimum atomic E-state index is -0.297. The average molecular weight is 238 g/mol. The van der Waals surface area contributed by atoms with Crippen molar-refractivity contribution < 1.29 is 9.13 Å². The van der Waals surface area contributed by atoms with Crippen LogP contribution in [0.2, 0.25) is 0 Å². The lowest BCUT2D eigenvalue weighted by atomic mass is 10.1. The van der Waals surface area contributed by atoms with E-state index >= 15 is 0 Å². The highest BCUT2D eigenvalue weighted by atomic mass is 19.1. The number of ether oxygens (including phenoxy) is 1. The molecule has 1 heterocycles. The number of benzene rings is 1. The summed E-state index contributed by atoms with van der Waals surface area (Å²) in [6.45, 7) is 4.23. The van der Waals surface area contributed by atoms with Gasteiger partial charge >= 0.3 is 0 Å². The molecule has 4 heteroatoms. The summed E-state index contributed by atoms with van der Waals surface area (Å²) in [6, 6.07) is 6.50. The highest BCUT2D eigenvalue weighted by molar-refractivity contribution is 5.23. The van der Waals surface area contributed by atoms with Crippen molar-refractivity contribution in [1.82, 2.24) is 4.90 Å². The summed E-state index contributed by atoms with van der Waals surface area (Å²) in [4.78, 5) is 2.32. The second kappa shape index (κ2) is 5.98. The molecule has 2 N–H and O–H groups in total. The first-order chi connectivity index (χ1) is 8.29. The van der Waals surface area contributed by atoms with E-state index in [-0.39, 0.29) is 5.82 Å². The molecular weight excluding hydrogens is 219 g/mol. The van der Waals surface area contributed by atoms with Crippen LogP contribution >= 0.6 is 0 Å². The van der Waals surface area contributed by atoms with E-state index in [0.29, 0.717) is 18.3 Å². The monoisotopic (exact) mass is 238 g/mol. The normalized spacial score (nSPS) is 20.7. The van der Waals surface area contributed by atoms with Crippen LogP contribution in [0.4, 0.5) is 4.39 Å².